The highest BCUT2D eigenvalue weighted by molar-refractivity contribution is 5.83. The van der Waals surface area contributed by atoms with Crippen molar-refractivity contribution >= 4 is 5.78 Å². The minimum absolute atomic E-state index is 0.192. The number of nitrogens with one attached hydrogen (secondary N) is 1. The lowest BCUT2D eigenvalue weighted by Gasteiger charge is -2.56. The van der Waals surface area contributed by atoms with Crippen LogP contribution in [0.5, 0.6) is 0 Å². The third-order valence-electron chi connectivity index (χ3n) is 9.52. The van der Waals surface area contributed by atoms with E-state index in [4.69, 9.17) is 0 Å². The Balaban J connectivity index is 1.32. The molecule has 8 atom stereocenters. The molecule has 4 heteroatoms. The number of hydrogen-bond donors (Lipinski definition) is 2. The molecule has 5 rings (SSSR count). The van der Waals surface area contributed by atoms with Crippen LogP contribution in [0.2, 0.25) is 0 Å². The highest BCUT2D eigenvalue weighted by Gasteiger charge is 2.58. The molecule has 4 saturated carbocycles. The lowest BCUT2D eigenvalue weighted by atomic mass is 9.49. The highest BCUT2D eigenvalue weighted by Crippen LogP contribution is 2.64. The second-order valence-corrected chi connectivity index (χ2v) is 11.0. The smallest absolute Gasteiger partial charge is 0.144 e. The fraction of sp³-hybridized carbons (Fsp3) is 0.833. The van der Waals surface area contributed by atoms with Gasteiger partial charge in [0.2, 0.25) is 0 Å². The molecule has 8 unspecified atom stereocenters. The van der Waals surface area contributed by atoms with Crippen molar-refractivity contribution in [1.82, 2.24) is 9.97 Å². The van der Waals surface area contributed by atoms with E-state index in [1.807, 2.05) is 13.1 Å². The van der Waals surface area contributed by atoms with Gasteiger partial charge in [-0.2, -0.15) is 0 Å². The lowest BCUT2D eigenvalue weighted by Crippen LogP contribution is -2.51. The summed E-state index contributed by atoms with van der Waals surface area (Å²) in [7, 11) is 0. The molecule has 0 bridgehead atoms. The SMILES string of the molecule is CC1(O)CCC2C(CCC3C2CCC2(C)C(C(=O)Cc4ncc[nH]4)CCC32)C1. The maximum absolute atomic E-state index is 13.1. The minimum Gasteiger partial charge on any atom is -0.390 e. The first-order valence-electron chi connectivity index (χ1n) is 11.6. The normalized spacial score (nSPS) is 47.8. The number of imidazole rings is 1. The molecule has 28 heavy (non-hydrogen) atoms. The highest BCUT2D eigenvalue weighted by atomic mass is 16.3. The second-order valence-electron chi connectivity index (χ2n) is 11.0. The molecule has 4 aliphatic rings. The zero-order chi connectivity index (χ0) is 19.5. The van der Waals surface area contributed by atoms with Crippen LogP contribution in [0, 0.1) is 40.9 Å². The Labute approximate surface area is 168 Å². The largest absolute Gasteiger partial charge is 0.390 e. The van der Waals surface area contributed by atoms with Crippen LogP contribution in [0.1, 0.15) is 77.5 Å². The van der Waals surface area contributed by atoms with Gasteiger partial charge >= 0.3 is 0 Å². The van der Waals surface area contributed by atoms with Crippen molar-refractivity contribution in [2.24, 2.45) is 40.9 Å². The van der Waals surface area contributed by atoms with E-state index in [1.54, 1.807) is 6.20 Å². The number of ketones is 1. The predicted molar refractivity (Wildman–Crippen MR) is 109 cm³/mol. The first kappa shape index (κ1) is 18.8. The van der Waals surface area contributed by atoms with E-state index >= 15 is 0 Å². The molecule has 0 aromatic carbocycles. The van der Waals surface area contributed by atoms with Crippen molar-refractivity contribution in [2.75, 3.05) is 0 Å². The molecule has 1 aromatic rings. The lowest BCUT2D eigenvalue weighted by molar-refractivity contribution is -0.131. The number of aromatic nitrogens is 2. The van der Waals surface area contributed by atoms with Crippen LogP contribution in [-0.4, -0.2) is 26.5 Å². The topological polar surface area (TPSA) is 66.0 Å². The molecule has 4 fully saturated rings. The average molecular weight is 385 g/mol. The summed E-state index contributed by atoms with van der Waals surface area (Å²) in [6.45, 7) is 4.47. The van der Waals surface area contributed by atoms with Gasteiger partial charge < -0.3 is 10.1 Å². The summed E-state index contributed by atoms with van der Waals surface area (Å²) < 4.78 is 0. The molecule has 0 saturated heterocycles. The standard InChI is InChI=1S/C24H36N2O2/c1-23(28)9-7-16-15(14-23)3-4-18-17(16)8-10-24(2)19(18)5-6-20(24)21(27)13-22-25-11-12-26-22/h11-12,15-20,28H,3-10,13-14H2,1-2H3,(H,25,26). The predicted octanol–water partition coefficient (Wildman–Crippen LogP) is 4.54. The molecule has 4 nitrogen and oxygen atoms in total. The Morgan fingerprint density at radius 1 is 1.11 bits per heavy atom. The molecule has 0 aliphatic heterocycles. The molecule has 1 aromatic heterocycles. The van der Waals surface area contributed by atoms with Crippen LogP contribution < -0.4 is 0 Å². The van der Waals surface area contributed by atoms with E-state index in [0.717, 1.165) is 54.7 Å². The Morgan fingerprint density at radius 2 is 1.93 bits per heavy atom. The van der Waals surface area contributed by atoms with E-state index < -0.39 is 5.60 Å². The Kier molecular flexibility index (Phi) is 4.50. The third kappa shape index (κ3) is 2.98. The summed E-state index contributed by atoms with van der Waals surface area (Å²) in [5.41, 5.74) is -0.244. The van der Waals surface area contributed by atoms with E-state index in [1.165, 1.54) is 38.5 Å². The number of H-pyrrole nitrogens is 1. The van der Waals surface area contributed by atoms with Gasteiger partial charge in [-0.05, 0) is 99.7 Å². The molecule has 1 heterocycles. The van der Waals surface area contributed by atoms with Crippen molar-refractivity contribution in [3.8, 4) is 0 Å². The molecular formula is C24H36N2O2. The van der Waals surface area contributed by atoms with Crippen LogP contribution >= 0.6 is 0 Å². The number of nitrogens with zero attached hydrogens (tertiary/aromatic N) is 1. The molecule has 0 radical (unpaired) electrons. The van der Waals surface area contributed by atoms with Gasteiger partial charge in [0, 0.05) is 18.3 Å². The van der Waals surface area contributed by atoms with Crippen molar-refractivity contribution in [3.05, 3.63) is 18.2 Å². The molecular weight excluding hydrogens is 348 g/mol. The third-order valence-corrected chi connectivity index (χ3v) is 9.52. The minimum atomic E-state index is -0.437. The number of Topliss-reactive ketones (excluding diaryl/α,β-unsaturated/α-hetero) is 1. The van der Waals surface area contributed by atoms with Gasteiger partial charge in [-0.25, -0.2) is 4.98 Å². The van der Waals surface area contributed by atoms with Gasteiger partial charge in [-0.1, -0.05) is 6.92 Å². The number of aliphatic hydroxyl groups is 1. The van der Waals surface area contributed by atoms with Gasteiger partial charge in [0.1, 0.15) is 11.6 Å². The first-order valence-corrected chi connectivity index (χ1v) is 11.6. The van der Waals surface area contributed by atoms with E-state index in [2.05, 4.69) is 16.9 Å². The summed E-state index contributed by atoms with van der Waals surface area (Å²) in [5.74, 6) is 5.36. The van der Waals surface area contributed by atoms with Crippen LogP contribution in [-0.2, 0) is 11.2 Å². The molecule has 0 spiro atoms. The van der Waals surface area contributed by atoms with E-state index in [9.17, 15) is 9.90 Å². The number of carbonyl (C=O) groups excluding carboxylic acids is 1. The number of rotatable bonds is 3. The summed E-state index contributed by atoms with van der Waals surface area (Å²) in [6, 6.07) is 0. The van der Waals surface area contributed by atoms with Gasteiger partial charge in [0.15, 0.2) is 0 Å². The van der Waals surface area contributed by atoms with Crippen LogP contribution in [0.15, 0.2) is 12.4 Å². The summed E-state index contributed by atoms with van der Waals surface area (Å²) in [6.07, 6.45) is 14.7. The first-order chi connectivity index (χ1) is 13.4. The molecule has 0 amide bonds. The number of hydrogen-bond acceptors (Lipinski definition) is 3. The zero-order valence-electron chi connectivity index (χ0n) is 17.5. The average Bonchev–Trinajstić information content (AvgIpc) is 3.27. The molecule has 154 valence electrons. The summed E-state index contributed by atoms with van der Waals surface area (Å²) in [4.78, 5) is 20.5. The van der Waals surface area contributed by atoms with Gasteiger partial charge in [0.05, 0.1) is 12.0 Å². The van der Waals surface area contributed by atoms with Gasteiger partial charge in [0.25, 0.3) is 0 Å². The zero-order valence-corrected chi connectivity index (χ0v) is 17.5. The fourth-order valence-electron chi connectivity index (χ4n) is 8.29. The Bertz CT molecular complexity index is 727. The number of fused-ring (bicyclic) bond motifs is 5. The van der Waals surface area contributed by atoms with Gasteiger partial charge in [-0.15, -0.1) is 0 Å². The molecule has 4 aliphatic carbocycles. The number of carbonyl (C=O) groups is 1. The monoisotopic (exact) mass is 384 g/mol. The fourth-order valence-corrected chi connectivity index (χ4v) is 8.29. The number of aromatic amines is 1. The van der Waals surface area contributed by atoms with Crippen LogP contribution in [0.3, 0.4) is 0 Å². The van der Waals surface area contributed by atoms with E-state index in [0.29, 0.717) is 12.2 Å². The quantitative estimate of drug-likeness (QED) is 0.804. The maximum Gasteiger partial charge on any atom is 0.144 e. The van der Waals surface area contributed by atoms with E-state index in [-0.39, 0.29) is 11.3 Å². The Morgan fingerprint density at radius 3 is 2.71 bits per heavy atom. The summed E-state index contributed by atoms with van der Waals surface area (Å²) in [5, 5.41) is 10.6. The van der Waals surface area contributed by atoms with Gasteiger partial charge in [-0.3, -0.25) is 4.79 Å². The maximum atomic E-state index is 13.1. The van der Waals surface area contributed by atoms with Crippen molar-refractivity contribution in [1.29, 1.82) is 0 Å². The second kappa shape index (κ2) is 6.68. The van der Waals surface area contributed by atoms with Crippen LogP contribution in [0.4, 0.5) is 0 Å². The van der Waals surface area contributed by atoms with Crippen molar-refractivity contribution in [2.45, 2.75) is 83.7 Å². The Hall–Kier alpha value is -1.16. The van der Waals surface area contributed by atoms with Crippen molar-refractivity contribution < 1.29 is 9.90 Å². The van der Waals surface area contributed by atoms with Crippen molar-refractivity contribution in [3.63, 3.8) is 0 Å². The molecule has 2 N–H and O–H groups in total. The summed E-state index contributed by atoms with van der Waals surface area (Å²) >= 11 is 0. The van der Waals surface area contributed by atoms with Crippen LogP contribution in [0.25, 0.3) is 0 Å².